The average Bonchev–Trinajstić information content (AvgIpc) is 3.07. The number of carbonyl (C=O) groups is 1. The Morgan fingerprint density at radius 3 is 2.29 bits per heavy atom. The van der Waals surface area contributed by atoms with Crippen molar-refractivity contribution in [2.75, 3.05) is 12.8 Å². The van der Waals surface area contributed by atoms with Crippen LogP contribution in [0.2, 0.25) is 5.02 Å². The lowest BCUT2D eigenvalue weighted by Crippen LogP contribution is -2.39. The van der Waals surface area contributed by atoms with E-state index in [9.17, 15) is 9.90 Å². The number of nitrogens with zero attached hydrogens (tertiary/aromatic N) is 1. The van der Waals surface area contributed by atoms with Crippen LogP contribution in [0, 0.1) is 0 Å². The molecule has 1 aliphatic heterocycles. The van der Waals surface area contributed by atoms with Crippen LogP contribution in [0.4, 0.5) is 0 Å². The van der Waals surface area contributed by atoms with Gasteiger partial charge in [0.25, 0.3) is 0 Å². The first-order valence-corrected chi connectivity index (χ1v) is 9.58. The second kappa shape index (κ2) is 7.60. The zero-order valence-electron chi connectivity index (χ0n) is 13.5. The SMILES string of the molecule is CSc1ccc(C(c2ccc(Cl)cc2)N2CCCC2C(=O)O)cc1. The molecule has 0 aromatic heterocycles. The molecule has 0 radical (unpaired) electrons. The van der Waals surface area contributed by atoms with Crippen molar-refractivity contribution in [1.82, 2.24) is 4.90 Å². The van der Waals surface area contributed by atoms with Gasteiger partial charge in [0.1, 0.15) is 6.04 Å². The molecule has 2 aromatic carbocycles. The minimum atomic E-state index is -0.743. The fourth-order valence-electron chi connectivity index (χ4n) is 3.37. The fraction of sp³-hybridized carbons (Fsp3) is 0.316. The summed E-state index contributed by atoms with van der Waals surface area (Å²) in [5, 5.41) is 10.3. The zero-order chi connectivity index (χ0) is 17.1. The maximum Gasteiger partial charge on any atom is 0.320 e. The van der Waals surface area contributed by atoms with Crippen molar-refractivity contribution in [2.24, 2.45) is 0 Å². The van der Waals surface area contributed by atoms with Gasteiger partial charge in [0, 0.05) is 16.5 Å². The number of likely N-dealkylation sites (tertiary alicyclic amines) is 1. The Balaban J connectivity index is 2.02. The summed E-state index contributed by atoms with van der Waals surface area (Å²) in [4.78, 5) is 15.0. The topological polar surface area (TPSA) is 40.5 Å². The molecule has 0 bridgehead atoms. The quantitative estimate of drug-likeness (QED) is 0.783. The van der Waals surface area contributed by atoms with Gasteiger partial charge < -0.3 is 5.11 Å². The number of rotatable bonds is 5. The van der Waals surface area contributed by atoms with E-state index < -0.39 is 12.0 Å². The van der Waals surface area contributed by atoms with Crippen molar-refractivity contribution in [2.45, 2.75) is 29.8 Å². The van der Waals surface area contributed by atoms with Crippen molar-refractivity contribution in [3.8, 4) is 0 Å². The van der Waals surface area contributed by atoms with E-state index in [0.29, 0.717) is 11.4 Å². The highest BCUT2D eigenvalue weighted by molar-refractivity contribution is 7.98. The van der Waals surface area contributed by atoms with Crippen LogP contribution in [0.25, 0.3) is 0 Å². The second-order valence-corrected chi connectivity index (χ2v) is 7.28. The summed E-state index contributed by atoms with van der Waals surface area (Å²) in [7, 11) is 0. The molecular weight excluding hydrogens is 342 g/mol. The van der Waals surface area contributed by atoms with E-state index in [4.69, 9.17) is 11.6 Å². The Hall–Kier alpha value is -1.49. The van der Waals surface area contributed by atoms with E-state index in [-0.39, 0.29) is 6.04 Å². The number of hydrogen-bond acceptors (Lipinski definition) is 3. The molecule has 3 rings (SSSR count). The van der Waals surface area contributed by atoms with Crippen molar-refractivity contribution >= 4 is 29.3 Å². The number of carboxylic acid groups (broad SMARTS) is 1. The molecule has 1 N–H and O–H groups in total. The van der Waals surface area contributed by atoms with Crippen LogP contribution in [0.3, 0.4) is 0 Å². The molecule has 0 spiro atoms. The molecule has 5 heteroatoms. The molecule has 24 heavy (non-hydrogen) atoms. The fourth-order valence-corrected chi connectivity index (χ4v) is 3.90. The van der Waals surface area contributed by atoms with Crippen LogP contribution >= 0.6 is 23.4 Å². The molecule has 1 saturated heterocycles. The summed E-state index contributed by atoms with van der Waals surface area (Å²) in [5.41, 5.74) is 2.19. The minimum Gasteiger partial charge on any atom is -0.480 e. The molecular formula is C19H20ClNO2S. The van der Waals surface area contributed by atoms with Gasteiger partial charge in [-0.2, -0.15) is 0 Å². The first-order chi connectivity index (χ1) is 11.6. The molecule has 2 unspecified atom stereocenters. The van der Waals surface area contributed by atoms with Crippen molar-refractivity contribution < 1.29 is 9.90 Å². The summed E-state index contributed by atoms with van der Waals surface area (Å²) in [5.74, 6) is -0.743. The van der Waals surface area contributed by atoms with Gasteiger partial charge in [0.15, 0.2) is 0 Å². The van der Waals surface area contributed by atoms with E-state index in [2.05, 4.69) is 29.2 Å². The Morgan fingerprint density at radius 2 is 1.75 bits per heavy atom. The monoisotopic (exact) mass is 361 g/mol. The molecule has 0 amide bonds. The van der Waals surface area contributed by atoms with E-state index in [1.807, 2.05) is 30.5 Å². The Morgan fingerprint density at radius 1 is 1.17 bits per heavy atom. The molecule has 2 atom stereocenters. The lowest BCUT2D eigenvalue weighted by atomic mass is 9.96. The minimum absolute atomic E-state index is 0.0678. The Bertz CT molecular complexity index is 702. The van der Waals surface area contributed by atoms with Gasteiger partial charge >= 0.3 is 5.97 Å². The van der Waals surface area contributed by atoms with Gasteiger partial charge in [-0.25, -0.2) is 0 Å². The summed E-state index contributed by atoms with van der Waals surface area (Å²) >= 11 is 7.73. The third-order valence-electron chi connectivity index (χ3n) is 4.53. The summed E-state index contributed by atoms with van der Waals surface area (Å²) < 4.78 is 0. The van der Waals surface area contributed by atoms with Gasteiger partial charge in [-0.15, -0.1) is 11.8 Å². The first-order valence-electron chi connectivity index (χ1n) is 7.98. The first kappa shape index (κ1) is 17.3. The predicted octanol–water partition coefficient (Wildman–Crippen LogP) is 4.70. The number of halogens is 1. The smallest absolute Gasteiger partial charge is 0.320 e. The normalized spacial score (nSPS) is 19.3. The third kappa shape index (κ3) is 3.61. The molecule has 3 nitrogen and oxygen atoms in total. The highest BCUT2D eigenvalue weighted by Crippen LogP contribution is 2.36. The molecule has 2 aromatic rings. The summed E-state index contributed by atoms with van der Waals surface area (Å²) in [6, 6.07) is 15.6. The van der Waals surface area contributed by atoms with E-state index in [1.54, 1.807) is 11.8 Å². The third-order valence-corrected chi connectivity index (χ3v) is 5.52. The van der Waals surface area contributed by atoms with Gasteiger partial charge in [0.2, 0.25) is 0 Å². The van der Waals surface area contributed by atoms with Gasteiger partial charge in [-0.1, -0.05) is 35.9 Å². The number of hydrogen-bond donors (Lipinski definition) is 1. The van der Waals surface area contributed by atoms with Gasteiger partial charge in [-0.05, 0) is 54.5 Å². The standard InChI is InChI=1S/C19H20ClNO2S/c1-24-16-10-6-14(7-11-16)18(13-4-8-15(20)9-5-13)21-12-2-3-17(21)19(22)23/h4-11,17-18H,2-3,12H2,1H3,(H,22,23). The van der Waals surface area contributed by atoms with Crippen LogP contribution in [0.5, 0.6) is 0 Å². The van der Waals surface area contributed by atoms with Crippen LogP contribution in [0.15, 0.2) is 53.4 Å². The maximum atomic E-state index is 11.7. The largest absolute Gasteiger partial charge is 0.480 e. The molecule has 1 heterocycles. The molecule has 0 saturated carbocycles. The van der Waals surface area contributed by atoms with Gasteiger partial charge in [-0.3, -0.25) is 9.69 Å². The lowest BCUT2D eigenvalue weighted by Gasteiger charge is -2.32. The van der Waals surface area contributed by atoms with Crippen LogP contribution in [-0.2, 0) is 4.79 Å². The molecule has 1 aliphatic rings. The van der Waals surface area contributed by atoms with E-state index in [0.717, 1.165) is 24.1 Å². The van der Waals surface area contributed by atoms with Crippen molar-refractivity contribution in [1.29, 1.82) is 0 Å². The molecule has 0 aliphatic carbocycles. The number of thioether (sulfide) groups is 1. The second-order valence-electron chi connectivity index (χ2n) is 5.96. The average molecular weight is 362 g/mol. The van der Waals surface area contributed by atoms with Crippen LogP contribution < -0.4 is 0 Å². The number of aliphatic carboxylic acids is 1. The van der Waals surface area contributed by atoms with Crippen molar-refractivity contribution in [3.63, 3.8) is 0 Å². The zero-order valence-corrected chi connectivity index (χ0v) is 15.1. The lowest BCUT2D eigenvalue weighted by molar-refractivity contribution is -0.142. The number of carboxylic acids is 1. The summed E-state index contributed by atoms with van der Waals surface area (Å²) in [6.45, 7) is 0.786. The van der Waals surface area contributed by atoms with E-state index in [1.165, 1.54) is 4.90 Å². The Labute approximate surface area is 151 Å². The van der Waals surface area contributed by atoms with Gasteiger partial charge in [0.05, 0.1) is 6.04 Å². The van der Waals surface area contributed by atoms with Crippen LogP contribution in [0.1, 0.15) is 30.0 Å². The van der Waals surface area contributed by atoms with Crippen molar-refractivity contribution in [3.05, 3.63) is 64.7 Å². The Kier molecular flexibility index (Phi) is 5.49. The maximum absolute atomic E-state index is 11.7. The summed E-state index contributed by atoms with van der Waals surface area (Å²) in [6.07, 6.45) is 3.65. The highest BCUT2D eigenvalue weighted by atomic mass is 35.5. The van der Waals surface area contributed by atoms with Crippen LogP contribution in [-0.4, -0.2) is 34.8 Å². The molecule has 126 valence electrons. The van der Waals surface area contributed by atoms with E-state index >= 15 is 0 Å². The molecule has 1 fully saturated rings. The number of benzene rings is 2. The highest BCUT2D eigenvalue weighted by Gasteiger charge is 2.36. The predicted molar refractivity (Wildman–Crippen MR) is 98.9 cm³/mol.